The fourth-order valence-electron chi connectivity index (χ4n) is 2.68. The number of hydrogen-bond donors (Lipinski definition) is 2. The molecule has 0 atom stereocenters. The highest BCUT2D eigenvalue weighted by atomic mass is 16.1. The average Bonchev–Trinajstić information content (AvgIpc) is 2.70. The fraction of sp³-hybridized carbons (Fsp3) is 0. The van der Waals surface area contributed by atoms with Crippen LogP contribution in [0.2, 0.25) is 0 Å². The molecule has 0 radical (unpaired) electrons. The maximum atomic E-state index is 12.3. The molecule has 0 spiro atoms. The molecule has 4 aromatic rings. The van der Waals surface area contributed by atoms with Crippen LogP contribution in [0.1, 0.15) is 10.5 Å². The molecule has 2 aromatic carbocycles. The number of benzene rings is 2. The summed E-state index contributed by atoms with van der Waals surface area (Å²) < 4.78 is 0. The molecule has 0 bridgehead atoms. The van der Waals surface area contributed by atoms with Crippen LogP contribution in [0.4, 0.5) is 17.1 Å². The Balaban J connectivity index is 1.51. The first kappa shape index (κ1) is 15.8. The first-order valence-corrected chi connectivity index (χ1v) is 8.23. The number of para-hydroxylation sites is 2. The van der Waals surface area contributed by atoms with Gasteiger partial charge in [-0.3, -0.25) is 9.78 Å². The number of anilines is 3. The molecule has 2 aromatic heterocycles. The number of fused-ring (bicyclic) bond motifs is 1. The highest BCUT2D eigenvalue weighted by Crippen LogP contribution is 2.24. The minimum atomic E-state index is -0.241. The number of nitrogens with one attached hydrogen (secondary N) is 2. The van der Waals surface area contributed by atoms with Crippen molar-refractivity contribution in [2.45, 2.75) is 0 Å². The van der Waals surface area contributed by atoms with Crippen LogP contribution in [0, 0.1) is 0 Å². The normalized spacial score (nSPS) is 10.5. The van der Waals surface area contributed by atoms with Crippen molar-refractivity contribution in [2.24, 2.45) is 0 Å². The van der Waals surface area contributed by atoms with Gasteiger partial charge in [-0.25, -0.2) is 4.98 Å². The molecular weight excluding hydrogens is 324 g/mol. The van der Waals surface area contributed by atoms with Crippen molar-refractivity contribution in [3.63, 3.8) is 0 Å². The average molecular weight is 340 g/mol. The Hall–Kier alpha value is -3.73. The zero-order chi connectivity index (χ0) is 17.8. The van der Waals surface area contributed by atoms with Gasteiger partial charge < -0.3 is 10.6 Å². The van der Waals surface area contributed by atoms with Gasteiger partial charge in [-0.05, 0) is 36.4 Å². The molecule has 126 valence electrons. The van der Waals surface area contributed by atoms with Crippen LogP contribution in [-0.2, 0) is 0 Å². The predicted octanol–water partition coefficient (Wildman–Crippen LogP) is 4.63. The Kier molecular flexibility index (Phi) is 4.26. The van der Waals surface area contributed by atoms with E-state index in [2.05, 4.69) is 20.6 Å². The molecule has 0 aliphatic rings. The number of hydrogen-bond acceptors (Lipinski definition) is 4. The zero-order valence-electron chi connectivity index (χ0n) is 13.9. The van der Waals surface area contributed by atoms with Crippen LogP contribution in [0.3, 0.4) is 0 Å². The smallest absolute Gasteiger partial charge is 0.274 e. The Labute approximate surface area is 150 Å². The number of nitrogens with zero attached hydrogens (tertiary/aromatic N) is 2. The summed E-state index contributed by atoms with van der Waals surface area (Å²) in [6.45, 7) is 0. The van der Waals surface area contributed by atoms with E-state index in [-0.39, 0.29) is 5.91 Å². The summed E-state index contributed by atoms with van der Waals surface area (Å²) in [5, 5.41) is 7.19. The van der Waals surface area contributed by atoms with Crippen molar-refractivity contribution in [1.29, 1.82) is 0 Å². The Morgan fingerprint density at radius 1 is 0.769 bits per heavy atom. The van der Waals surface area contributed by atoms with E-state index in [0.29, 0.717) is 5.69 Å². The van der Waals surface area contributed by atoms with Crippen LogP contribution in [0.25, 0.3) is 10.9 Å². The Morgan fingerprint density at radius 2 is 1.62 bits per heavy atom. The van der Waals surface area contributed by atoms with Gasteiger partial charge in [-0.1, -0.05) is 36.4 Å². The predicted molar refractivity (Wildman–Crippen MR) is 104 cm³/mol. The zero-order valence-corrected chi connectivity index (χ0v) is 13.9. The second kappa shape index (κ2) is 7.03. The summed E-state index contributed by atoms with van der Waals surface area (Å²) >= 11 is 0. The van der Waals surface area contributed by atoms with Gasteiger partial charge in [0.1, 0.15) is 5.69 Å². The van der Waals surface area contributed by atoms with Gasteiger partial charge >= 0.3 is 0 Å². The molecular formula is C21H16N4O. The first-order valence-electron chi connectivity index (χ1n) is 8.23. The van der Waals surface area contributed by atoms with E-state index in [1.54, 1.807) is 18.5 Å². The lowest BCUT2D eigenvalue weighted by Gasteiger charge is -2.09. The van der Waals surface area contributed by atoms with Crippen LogP contribution in [0.15, 0.2) is 85.2 Å². The van der Waals surface area contributed by atoms with E-state index in [1.165, 1.54) is 0 Å². The summed E-state index contributed by atoms with van der Waals surface area (Å²) in [5.74, 6) is -0.241. The van der Waals surface area contributed by atoms with Crippen LogP contribution in [0.5, 0.6) is 0 Å². The van der Waals surface area contributed by atoms with E-state index in [1.807, 2.05) is 66.7 Å². The van der Waals surface area contributed by atoms with E-state index in [4.69, 9.17) is 0 Å². The topological polar surface area (TPSA) is 66.9 Å². The quantitative estimate of drug-likeness (QED) is 0.568. The number of carbonyl (C=O) groups excluding carboxylic acids is 1. The second-order valence-electron chi connectivity index (χ2n) is 5.76. The van der Waals surface area contributed by atoms with Gasteiger partial charge in [0.15, 0.2) is 0 Å². The number of pyridine rings is 2. The van der Waals surface area contributed by atoms with Crippen molar-refractivity contribution >= 4 is 33.9 Å². The lowest BCUT2D eigenvalue weighted by atomic mass is 10.2. The highest BCUT2D eigenvalue weighted by Gasteiger charge is 2.08. The molecule has 0 unspecified atom stereocenters. The molecule has 0 aliphatic heterocycles. The van der Waals surface area contributed by atoms with Gasteiger partial charge in [0.05, 0.1) is 23.1 Å². The minimum Gasteiger partial charge on any atom is -0.352 e. The molecule has 0 saturated heterocycles. The van der Waals surface area contributed by atoms with Gasteiger partial charge in [0, 0.05) is 17.3 Å². The van der Waals surface area contributed by atoms with E-state index >= 15 is 0 Å². The molecule has 0 fully saturated rings. The van der Waals surface area contributed by atoms with Gasteiger partial charge in [0.2, 0.25) is 0 Å². The lowest BCUT2D eigenvalue weighted by molar-refractivity contribution is 0.102. The molecule has 4 rings (SSSR count). The summed E-state index contributed by atoms with van der Waals surface area (Å²) in [6.07, 6.45) is 3.41. The first-order chi connectivity index (χ1) is 12.8. The minimum absolute atomic E-state index is 0.241. The van der Waals surface area contributed by atoms with Crippen molar-refractivity contribution in [3.8, 4) is 0 Å². The second-order valence-corrected chi connectivity index (χ2v) is 5.76. The monoisotopic (exact) mass is 340 g/mol. The Bertz CT molecular complexity index is 1040. The van der Waals surface area contributed by atoms with Gasteiger partial charge in [-0.15, -0.1) is 0 Å². The summed E-state index contributed by atoms with van der Waals surface area (Å²) in [5.41, 5.74) is 3.67. The molecule has 26 heavy (non-hydrogen) atoms. The van der Waals surface area contributed by atoms with Gasteiger partial charge in [0.25, 0.3) is 5.91 Å². The number of amides is 1. The third kappa shape index (κ3) is 3.37. The third-order valence-electron chi connectivity index (χ3n) is 3.94. The largest absolute Gasteiger partial charge is 0.352 e. The molecule has 0 saturated carbocycles. The molecule has 5 heteroatoms. The lowest BCUT2D eigenvalue weighted by Crippen LogP contribution is -2.13. The SMILES string of the molecule is O=C(Nc1ccccc1)c1ccc(Nc2cccc3cccnc23)cn1. The number of rotatable bonds is 4. The van der Waals surface area contributed by atoms with E-state index in [9.17, 15) is 4.79 Å². The highest BCUT2D eigenvalue weighted by molar-refractivity contribution is 6.03. The molecule has 2 heterocycles. The summed E-state index contributed by atoms with van der Waals surface area (Å²) in [4.78, 5) is 20.9. The number of aromatic nitrogens is 2. The van der Waals surface area contributed by atoms with Crippen molar-refractivity contribution in [3.05, 3.63) is 90.9 Å². The van der Waals surface area contributed by atoms with E-state index < -0.39 is 0 Å². The standard InChI is InChI=1S/C21H16N4O/c26-21(25-16-8-2-1-3-9-16)19-12-11-17(14-23-19)24-18-10-4-6-15-7-5-13-22-20(15)18/h1-14,24H,(H,25,26). The third-order valence-corrected chi connectivity index (χ3v) is 3.94. The van der Waals surface area contributed by atoms with Gasteiger partial charge in [-0.2, -0.15) is 0 Å². The summed E-state index contributed by atoms with van der Waals surface area (Å²) in [7, 11) is 0. The summed E-state index contributed by atoms with van der Waals surface area (Å²) in [6, 6.07) is 22.7. The van der Waals surface area contributed by atoms with Crippen molar-refractivity contribution < 1.29 is 4.79 Å². The Morgan fingerprint density at radius 3 is 2.42 bits per heavy atom. The fourth-order valence-corrected chi connectivity index (χ4v) is 2.68. The van der Waals surface area contributed by atoms with Crippen molar-refractivity contribution in [1.82, 2.24) is 9.97 Å². The number of carbonyl (C=O) groups is 1. The molecule has 5 nitrogen and oxygen atoms in total. The molecule has 0 aliphatic carbocycles. The van der Waals surface area contributed by atoms with E-state index in [0.717, 1.165) is 28.0 Å². The van der Waals surface area contributed by atoms with Crippen molar-refractivity contribution in [2.75, 3.05) is 10.6 Å². The van der Waals surface area contributed by atoms with Crippen LogP contribution >= 0.6 is 0 Å². The molecule has 1 amide bonds. The maximum Gasteiger partial charge on any atom is 0.274 e. The van der Waals surface area contributed by atoms with Crippen LogP contribution in [-0.4, -0.2) is 15.9 Å². The maximum absolute atomic E-state index is 12.3. The molecule has 2 N–H and O–H groups in total. The van der Waals surface area contributed by atoms with Crippen LogP contribution < -0.4 is 10.6 Å².